The first-order chi connectivity index (χ1) is 32.4. The molecule has 0 aliphatic rings. The number of nitro groups is 1. The molecular weight excluding hydrogens is 1130 g/mol. The number of unbranched alkanes of at least 4 members (excludes halogenated alkanes) is 1. The van der Waals surface area contributed by atoms with E-state index in [2.05, 4.69) is 20.6 Å². The Morgan fingerprint density at radius 2 is 1.04 bits per heavy atom. The Hall–Kier alpha value is -2.42. The number of nitrogens with zero attached hydrogens (tertiary/aromatic N) is 1. The first kappa shape index (κ1) is 78.5. The van der Waals surface area contributed by atoms with Gasteiger partial charge in [-0.15, -0.1) is 0 Å². The molecule has 0 amide bonds. The van der Waals surface area contributed by atoms with E-state index in [1.165, 1.54) is 60.1 Å². The van der Waals surface area contributed by atoms with E-state index in [1.54, 1.807) is 19.1 Å². The minimum absolute atomic E-state index is 0. The van der Waals surface area contributed by atoms with E-state index in [1.807, 2.05) is 77.2 Å². The molecule has 0 aliphatic heterocycles. The van der Waals surface area contributed by atoms with Gasteiger partial charge in [-0.1, -0.05) is 70.8 Å². The van der Waals surface area contributed by atoms with Gasteiger partial charge in [-0.3, -0.25) is 52.0 Å². The number of Topliss-reactive ketones (excluding diaryl/α,β-unsaturated/α-hetero) is 2. The molecule has 2 aromatic rings. The van der Waals surface area contributed by atoms with Gasteiger partial charge in [0.25, 0.3) is 5.69 Å². The summed E-state index contributed by atoms with van der Waals surface area (Å²) in [5.41, 5.74) is 14.2. The summed E-state index contributed by atoms with van der Waals surface area (Å²) >= 11 is 0. The van der Waals surface area contributed by atoms with Crippen LogP contribution in [-0.4, -0.2) is 128 Å². The second kappa shape index (κ2) is 50.7. The number of likely N-dealkylation sites (N-methyl/N-ethyl adjacent to an activating group) is 1. The quantitative estimate of drug-likeness (QED) is 0.00615. The SMILES string of the molecule is CC(=O)CCOC(=O)c1cc(SSc2ccc([N+](=O)[O-])c(C(=O)OCCC(C)=O)c2)ccc1C.CNCCCC[NH+]=C(N)CCSSCCC(C)=[NH2+].CNCC[NH+]=C(N)CCSSCCC(C)=[NH2+].[Cl-].[Cl-].[Cl-].[Cl-]. The highest BCUT2D eigenvalue weighted by atomic mass is 35.5. The molecule has 27 heteroatoms. The molecule has 0 spiro atoms. The predicted molar refractivity (Wildman–Crippen MR) is 288 cm³/mol. The third kappa shape index (κ3) is 43.9. The maximum atomic E-state index is 12.3. The number of benzene rings is 2. The van der Waals surface area contributed by atoms with Crippen molar-refractivity contribution in [2.24, 2.45) is 11.5 Å². The number of ketones is 2. The fourth-order valence-electron chi connectivity index (χ4n) is 4.73. The van der Waals surface area contributed by atoms with Gasteiger partial charge >= 0.3 is 11.9 Å². The lowest BCUT2D eigenvalue weighted by Crippen LogP contribution is -3.00. The van der Waals surface area contributed by atoms with Crippen molar-refractivity contribution >= 4 is 117 Å². The van der Waals surface area contributed by atoms with Crippen molar-refractivity contribution in [1.29, 1.82) is 0 Å². The highest BCUT2D eigenvalue weighted by molar-refractivity contribution is 8.77. The molecule has 72 heavy (non-hydrogen) atoms. The molecule has 2 aromatic carbocycles. The molecule has 0 unspecified atom stereocenters. The normalized spacial score (nSPS) is 10.5. The van der Waals surface area contributed by atoms with Crippen LogP contribution in [0.3, 0.4) is 0 Å². The molecule has 2 rings (SSSR count). The molecule has 12 N–H and O–H groups in total. The van der Waals surface area contributed by atoms with Crippen LogP contribution in [0.2, 0.25) is 0 Å². The number of rotatable bonds is 34. The molecule has 0 aromatic heterocycles. The zero-order valence-corrected chi connectivity index (χ0v) is 50.1. The molecule has 0 radical (unpaired) electrons. The highest BCUT2D eigenvalue weighted by Gasteiger charge is 2.23. The molecular formula is C45H75Cl4N9O8S6. The largest absolute Gasteiger partial charge is 1.00 e. The number of hydrogen-bond donors (Lipinski definition) is 8. The van der Waals surface area contributed by atoms with E-state index in [9.17, 15) is 29.3 Å². The lowest BCUT2D eigenvalue weighted by molar-refractivity contribution is -0.460. The number of carbonyl (C=O) groups excluding carboxylic acids is 4. The van der Waals surface area contributed by atoms with Crippen molar-refractivity contribution in [2.45, 2.75) is 95.8 Å². The van der Waals surface area contributed by atoms with Gasteiger partial charge in [-0.25, -0.2) is 9.59 Å². The van der Waals surface area contributed by atoms with Gasteiger partial charge in [-0.05, 0) is 84.1 Å². The van der Waals surface area contributed by atoms with Crippen molar-refractivity contribution < 1.29 is 104 Å². The van der Waals surface area contributed by atoms with E-state index in [0.29, 0.717) is 16.0 Å². The van der Waals surface area contributed by atoms with E-state index < -0.39 is 22.5 Å². The molecule has 0 bridgehead atoms. The Bertz CT molecular complexity index is 1960. The van der Waals surface area contributed by atoms with Crippen LogP contribution >= 0.6 is 64.8 Å². The first-order valence-corrected chi connectivity index (χ1v) is 29.2. The van der Waals surface area contributed by atoms with Crippen molar-refractivity contribution in [3.63, 3.8) is 0 Å². The number of nitro benzene ring substituents is 1. The van der Waals surface area contributed by atoms with Crippen LogP contribution in [0, 0.1) is 17.0 Å². The Morgan fingerprint density at radius 1 is 0.625 bits per heavy atom. The Labute approximate surface area is 475 Å². The van der Waals surface area contributed by atoms with Crippen molar-refractivity contribution in [1.82, 2.24) is 10.6 Å². The van der Waals surface area contributed by atoms with Crippen LogP contribution < -0.4 is 92.5 Å². The smallest absolute Gasteiger partial charge is 0.345 e. The Morgan fingerprint density at radius 3 is 1.47 bits per heavy atom. The van der Waals surface area contributed by atoms with Crippen LogP contribution in [0.15, 0.2) is 46.2 Å². The van der Waals surface area contributed by atoms with Gasteiger partial charge in [0.1, 0.15) is 28.6 Å². The van der Waals surface area contributed by atoms with Crippen LogP contribution in [-0.2, 0) is 19.1 Å². The summed E-state index contributed by atoms with van der Waals surface area (Å²) in [5.74, 6) is 4.42. The van der Waals surface area contributed by atoms with Gasteiger partial charge in [0.2, 0.25) is 11.7 Å². The Balaban J connectivity index is -0.000000336. The molecule has 0 saturated heterocycles. The third-order valence-corrected chi connectivity index (χ3v) is 15.8. The lowest BCUT2D eigenvalue weighted by atomic mass is 10.1. The maximum Gasteiger partial charge on any atom is 0.345 e. The van der Waals surface area contributed by atoms with E-state index >= 15 is 0 Å². The van der Waals surface area contributed by atoms with E-state index in [-0.39, 0.29) is 92.8 Å². The predicted octanol–water partition coefficient (Wildman–Crippen LogP) is -10.2. The van der Waals surface area contributed by atoms with Crippen LogP contribution in [0.4, 0.5) is 5.69 Å². The summed E-state index contributed by atoms with van der Waals surface area (Å²) < 4.78 is 10.1. The number of amidine groups is 2. The van der Waals surface area contributed by atoms with Crippen LogP contribution in [0.25, 0.3) is 0 Å². The minimum Gasteiger partial charge on any atom is -1.00 e. The lowest BCUT2D eigenvalue weighted by Gasteiger charge is -2.09. The molecule has 412 valence electrons. The third-order valence-electron chi connectivity index (χ3n) is 8.59. The second-order valence-corrected chi connectivity index (χ2v) is 22.7. The van der Waals surface area contributed by atoms with Crippen LogP contribution in [0.5, 0.6) is 0 Å². The number of ether oxygens (including phenoxy) is 2. The van der Waals surface area contributed by atoms with Gasteiger partial charge < -0.3 is 69.7 Å². The number of halogens is 4. The van der Waals surface area contributed by atoms with Crippen LogP contribution in [0.1, 0.15) is 105 Å². The number of carbonyl (C=O) groups is 4. The number of nitrogens with one attached hydrogen (secondary N) is 4. The average molecular weight is 1200 g/mol. The summed E-state index contributed by atoms with van der Waals surface area (Å²) in [5, 5.41) is 28.7. The standard InChI is InChI=1S/C23H23NO8S2.C12H26N4S2.C10H22N4S2.4ClH/c1-14-4-5-17(12-19(14)22(27)31-10-8-15(2)25)33-34-18-6-7-21(24(29)30)20(13-18)23(28)32-11-9-16(3)26;1-11(13)5-9-17-18-10-6-12(14)16-8-4-3-7-15-2;1-9(11)3-7-15-16-8-4-10(12)14-6-5-13-2;;;;/h4-7,12-13H,8-11H2,1-3H3;13,15H,3-10H2,1-2H3,(H2,14,16);11,13H,3-8H2,1-2H3,(H2,12,14);4*1H. The number of esters is 2. The fraction of sp³-hybridized carbons (Fsp3) is 0.556. The van der Waals surface area contributed by atoms with Crippen molar-refractivity contribution in [3.8, 4) is 0 Å². The molecule has 0 saturated carbocycles. The van der Waals surface area contributed by atoms with Gasteiger partial charge in [0.15, 0.2) is 0 Å². The molecule has 0 atom stereocenters. The van der Waals surface area contributed by atoms with Crippen molar-refractivity contribution in [3.05, 3.63) is 63.2 Å². The monoisotopic (exact) mass is 1200 g/mol. The second-order valence-electron chi connectivity index (χ2n) is 15.1. The summed E-state index contributed by atoms with van der Waals surface area (Å²) in [6, 6.07) is 9.31. The minimum atomic E-state index is -0.883. The van der Waals surface area contributed by atoms with Crippen molar-refractivity contribution in [2.75, 3.05) is 76.5 Å². The molecule has 0 aliphatic carbocycles. The van der Waals surface area contributed by atoms with E-state index in [4.69, 9.17) is 31.8 Å². The van der Waals surface area contributed by atoms with E-state index in [0.717, 1.165) is 109 Å². The van der Waals surface area contributed by atoms with Gasteiger partial charge in [0.05, 0.1) is 49.6 Å². The molecule has 17 nitrogen and oxygen atoms in total. The van der Waals surface area contributed by atoms with Gasteiger partial charge in [0, 0.05) is 84.9 Å². The fourth-order valence-corrected chi connectivity index (χ4v) is 11.0. The molecule has 0 heterocycles. The Kier molecular flexibility index (Phi) is 55.3. The summed E-state index contributed by atoms with van der Waals surface area (Å²) in [4.78, 5) is 65.1. The zero-order chi connectivity index (χ0) is 51.1. The summed E-state index contributed by atoms with van der Waals surface area (Å²) in [7, 11) is 13.9. The zero-order valence-electron chi connectivity index (χ0n) is 42.2. The maximum absolute atomic E-state index is 12.3. The average Bonchev–Trinajstić information content (AvgIpc) is 3.28. The van der Waals surface area contributed by atoms with Gasteiger partial charge in [-0.2, -0.15) is 0 Å². The number of hydrogen-bond acceptors (Lipinski definition) is 16. The first-order valence-electron chi connectivity index (χ1n) is 22.1. The number of nitrogens with two attached hydrogens (primary N) is 4. The summed E-state index contributed by atoms with van der Waals surface area (Å²) in [6.07, 6.45) is 6.39. The summed E-state index contributed by atoms with van der Waals surface area (Å²) in [6.45, 7) is 12.2. The molecule has 0 fully saturated rings. The number of aryl methyl sites for hydroxylation is 1. The topological polar surface area (TPSA) is 285 Å². The highest BCUT2D eigenvalue weighted by Crippen LogP contribution is 2.39.